The van der Waals surface area contributed by atoms with Crippen LogP contribution in [0.2, 0.25) is 0 Å². The van der Waals surface area contributed by atoms with Gasteiger partial charge in [0.1, 0.15) is 6.29 Å². The number of hydrogen-bond acceptors (Lipinski definition) is 2. The zero-order chi connectivity index (χ0) is 15.0. The fourth-order valence-electron chi connectivity index (χ4n) is 3.36. The molecule has 0 heterocycles. The van der Waals surface area contributed by atoms with Gasteiger partial charge < -0.3 is 4.90 Å². The molecule has 0 aliphatic heterocycles. The Labute approximate surface area is 126 Å². The molecule has 2 aromatic carbocycles. The van der Waals surface area contributed by atoms with Crippen LogP contribution in [-0.2, 0) is 0 Å². The minimum Gasteiger partial charge on any atom is -0.372 e. The van der Waals surface area contributed by atoms with Gasteiger partial charge in [-0.15, -0.1) is 0 Å². The molecule has 0 amide bonds. The highest BCUT2D eigenvalue weighted by molar-refractivity contribution is 5.84. The zero-order valence-electron chi connectivity index (χ0n) is 12.9. The number of benzene rings is 2. The Balaban J connectivity index is 2.09. The van der Waals surface area contributed by atoms with Crippen LogP contribution in [0.1, 0.15) is 48.2 Å². The second kappa shape index (κ2) is 5.36. The van der Waals surface area contributed by atoms with Crippen molar-refractivity contribution in [2.75, 3.05) is 18.0 Å². The van der Waals surface area contributed by atoms with Gasteiger partial charge in [0.25, 0.3) is 0 Å². The van der Waals surface area contributed by atoms with E-state index in [4.69, 9.17) is 0 Å². The molecule has 3 rings (SSSR count). The van der Waals surface area contributed by atoms with E-state index in [0.717, 1.165) is 24.9 Å². The van der Waals surface area contributed by atoms with Gasteiger partial charge in [0, 0.05) is 30.3 Å². The molecule has 0 saturated carbocycles. The molecule has 0 saturated heterocycles. The number of fused-ring (bicyclic) bond motifs is 3. The standard InChI is InChI=1S/C19H21NO/c1-4-20(5-2)15-7-9-17-16-8-6-14(12-21)10-18(16)13(3)19(17)11-15/h6-13H,4-5H2,1-3H3. The van der Waals surface area contributed by atoms with Crippen molar-refractivity contribution in [3.8, 4) is 11.1 Å². The van der Waals surface area contributed by atoms with Crippen molar-refractivity contribution in [3.63, 3.8) is 0 Å². The van der Waals surface area contributed by atoms with Crippen molar-refractivity contribution in [2.45, 2.75) is 26.7 Å². The molecule has 0 N–H and O–H groups in total. The maximum Gasteiger partial charge on any atom is 0.150 e. The maximum atomic E-state index is 11.0. The first-order chi connectivity index (χ1) is 10.2. The summed E-state index contributed by atoms with van der Waals surface area (Å²) in [6.45, 7) is 8.64. The Kier molecular flexibility index (Phi) is 3.54. The van der Waals surface area contributed by atoms with Crippen molar-refractivity contribution >= 4 is 12.0 Å². The van der Waals surface area contributed by atoms with E-state index in [2.05, 4.69) is 49.9 Å². The minimum absolute atomic E-state index is 0.352. The SMILES string of the molecule is CCN(CC)c1ccc2c(c1)C(C)c1cc(C=O)ccc1-2. The first-order valence-corrected chi connectivity index (χ1v) is 7.68. The lowest BCUT2D eigenvalue weighted by Crippen LogP contribution is -2.21. The van der Waals surface area contributed by atoms with E-state index in [1.54, 1.807) is 0 Å². The Morgan fingerprint density at radius 3 is 2.24 bits per heavy atom. The normalized spacial score (nSPS) is 15.5. The Hall–Kier alpha value is -2.09. The fraction of sp³-hybridized carbons (Fsp3) is 0.316. The lowest BCUT2D eigenvalue weighted by atomic mass is 9.98. The van der Waals surface area contributed by atoms with Crippen LogP contribution < -0.4 is 4.90 Å². The molecule has 1 unspecified atom stereocenters. The van der Waals surface area contributed by atoms with Gasteiger partial charge in [-0.25, -0.2) is 0 Å². The molecular formula is C19H21NO. The average molecular weight is 279 g/mol. The molecule has 2 aromatic rings. The van der Waals surface area contributed by atoms with Crippen molar-refractivity contribution in [1.29, 1.82) is 0 Å². The monoisotopic (exact) mass is 279 g/mol. The Morgan fingerprint density at radius 1 is 1.00 bits per heavy atom. The summed E-state index contributed by atoms with van der Waals surface area (Å²) in [5.74, 6) is 0.352. The predicted octanol–water partition coefficient (Wildman–Crippen LogP) is 4.48. The van der Waals surface area contributed by atoms with Crippen LogP contribution in [0.4, 0.5) is 5.69 Å². The average Bonchev–Trinajstić information content (AvgIpc) is 2.81. The second-order valence-electron chi connectivity index (χ2n) is 5.63. The van der Waals surface area contributed by atoms with Gasteiger partial charge in [0.05, 0.1) is 0 Å². The first-order valence-electron chi connectivity index (χ1n) is 7.68. The van der Waals surface area contributed by atoms with Crippen LogP contribution in [0.15, 0.2) is 36.4 Å². The number of anilines is 1. The van der Waals surface area contributed by atoms with Crippen molar-refractivity contribution in [1.82, 2.24) is 0 Å². The number of aldehydes is 1. The van der Waals surface area contributed by atoms with Crippen molar-refractivity contribution in [2.24, 2.45) is 0 Å². The van der Waals surface area contributed by atoms with Crippen LogP contribution in [0, 0.1) is 0 Å². The van der Waals surface area contributed by atoms with Gasteiger partial charge in [-0.2, -0.15) is 0 Å². The van der Waals surface area contributed by atoms with Crippen LogP contribution in [0.25, 0.3) is 11.1 Å². The second-order valence-corrected chi connectivity index (χ2v) is 5.63. The first kappa shape index (κ1) is 13.9. The van der Waals surface area contributed by atoms with Gasteiger partial charge in [-0.05, 0) is 54.3 Å². The third-order valence-corrected chi connectivity index (χ3v) is 4.60. The number of nitrogens with zero attached hydrogens (tertiary/aromatic N) is 1. The number of carbonyl (C=O) groups is 1. The number of carbonyl (C=O) groups excluding carboxylic acids is 1. The topological polar surface area (TPSA) is 20.3 Å². The summed E-state index contributed by atoms with van der Waals surface area (Å²) in [6.07, 6.45) is 0.928. The van der Waals surface area contributed by atoms with Crippen LogP contribution in [0.5, 0.6) is 0 Å². The molecule has 0 aromatic heterocycles. The highest BCUT2D eigenvalue weighted by Crippen LogP contribution is 2.45. The highest BCUT2D eigenvalue weighted by atomic mass is 16.1. The van der Waals surface area contributed by atoms with Crippen molar-refractivity contribution in [3.05, 3.63) is 53.1 Å². The van der Waals surface area contributed by atoms with Crippen molar-refractivity contribution < 1.29 is 4.79 Å². The third kappa shape index (κ3) is 2.15. The quantitative estimate of drug-likeness (QED) is 0.769. The summed E-state index contributed by atoms with van der Waals surface area (Å²) >= 11 is 0. The largest absolute Gasteiger partial charge is 0.372 e. The van der Waals surface area contributed by atoms with E-state index >= 15 is 0 Å². The number of rotatable bonds is 4. The van der Waals surface area contributed by atoms with Gasteiger partial charge in [-0.1, -0.05) is 25.1 Å². The highest BCUT2D eigenvalue weighted by Gasteiger charge is 2.26. The molecule has 0 radical (unpaired) electrons. The summed E-state index contributed by atoms with van der Waals surface area (Å²) in [6, 6.07) is 12.8. The summed E-state index contributed by atoms with van der Waals surface area (Å²) in [7, 11) is 0. The molecule has 0 bridgehead atoms. The summed E-state index contributed by atoms with van der Waals surface area (Å²) < 4.78 is 0. The molecule has 0 spiro atoms. The summed E-state index contributed by atoms with van der Waals surface area (Å²) in [5.41, 5.74) is 7.27. The summed E-state index contributed by atoms with van der Waals surface area (Å²) in [5, 5.41) is 0. The molecular weight excluding hydrogens is 258 g/mol. The lowest BCUT2D eigenvalue weighted by molar-refractivity contribution is 0.112. The molecule has 1 aliphatic rings. The van der Waals surface area contributed by atoms with E-state index < -0.39 is 0 Å². The molecule has 0 fully saturated rings. The fourth-order valence-corrected chi connectivity index (χ4v) is 3.36. The molecule has 1 atom stereocenters. The van der Waals surface area contributed by atoms with Crippen LogP contribution in [-0.4, -0.2) is 19.4 Å². The predicted molar refractivity (Wildman–Crippen MR) is 88.3 cm³/mol. The maximum absolute atomic E-state index is 11.0. The minimum atomic E-state index is 0.352. The lowest BCUT2D eigenvalue weighted by Gasteiger charge is -2.22. The van der Waals surface area contributed by atoms with Gasteiger partial charge in [0.15, 0.2) is 0 Å². The molecule has 108 valence electrons. The Bertz CT molecular complexity index is 686. The van der Waals surface area contributed by atoms with Gasteiger partial charge in [0.2, 0.25) is 0 Å². The molecule has 21 heavy (non-hydrogen) atoms. The van der Waals surface area contributed by atoms with E-state index in [1.165, 1.54) is 27.9 Å². The third-order valence-electron chi connectivity index (χ3n) is 4.60. The van der Waals surface area contributed by atoms with Crippen LogP contribution >= 0.6 is 0 Å². The van der Waals surface area contributed by atoms with E-state index in [0.29, 0.717) is 5.92 Å². The van der Waals surface area contributed by atoms with E-state index in [9.17, 15) is 4.79 Å². The smallest absolute Gasteiger partial charge is 0.150 e. The molecule has 2 nitrogen and oxygen atoms in total. The van der Waals surface area contributed by atoms with Gasteiger partial charge in [-0.3, -0.25) is 4.79 Å². The Morgan fingerprint density at radius 2 is 1.62 bits per heavy atom. The van der Waals surface area contributed by atoms with E-state index in [-0.39, 0.29) is 0 Å². The summed E-state index contributed by atoms with van der Waals surface area (Å²) in [4.78, 5) is 13.4. The zero-order valence-corrected chi connectivity index (χ0v) is 12.9. The van der Waals surface area contributed by atoms with Gasteiger partial charge >= 0.3 is 0 Å². The van der Waals surface area contributed by atoms with E-state index in [1.807, 2.05) is 12.1 Å². The molecule has 1 aliphatic carbocycles. The number of hydrogen-bond donors (Lipinski definition) is 0. The molecule has 2 heteroatoms. The van der Waals surface area contributed by atoms with Crippen LogP contribution in [0.3, 0.4) is 0 Å².